The van der Waals surface area contributed by atoms with Gasteiger partial charge in [0.15, 0.2) is 0 Å². The van der Waals surface area contributed by atoms with Crippen LogP contribution in [0, 0.1) is 0 Å². The summed E-state index contributed by atoms with van der Waals surface area (Å²) in [5, 5.41) is 3.26. The van der Waals surface area contributed by atoms with Crippen LogP contribution in [-0.4, -0.2) is 11.7 Å². The minimum atomic E-state index is -0.212. The quantitative estimate of drug-likeness (QED) is 0.296. The highest BCUT2D eigenvalue weighted by atomic mass is 35.5. The van der Waals surface area contributed by atoms with Crippen molar-refractivity contribution in [3.05, 3.63) is 106 Å². The van der Waals surface area contributed by atoms with Gasteiger partial charge in [-0.2, -0.15) is 0 Å². The number of ether oxygens (including phenoxy) is 1. The van der Waals surface area contributed by atoms with Crippen LogP contribution in [0.15, 0.2) is 84.9 Å². The molecule has 0 N–H and O–H groups in total. The van der Waals surface area contributed by atoms with E-state index in [0.717, 1.165) is 33.3 Å². The van der Waals surface area contributed by atoms with E-state index in [2.05, 4.69) is 18.2 Å². The molecule has 0 bridgehead atoms. The van der Waals surface area contributed by atoms with Crippen LogP contribution >= 0.6 is 35.0 Å². The number of hydrogen-bond donors (Lipinski definition) is 0. The Hall–Kier alpha value is -2.66. The zero-order valence-electron chi connectivity index (χ0n) is 17.0. The van der Waals surface area contributed by atoms with Crippen molar-refractivity contribution in [2.45, 2.75) is 12.0 Å². The van der Waals surface area contributed by atoms with E-state index in [-0.39, 0.29) is 11.3 Å². The number of carbonyl (C=O) groups is 1. The Balaban J connectivity index is 1.59. The van der Waals surface area contributed by atoms with E-state index in [4.69, 9.17) is 27.9 Å². The average molecular weight is 480 g/mol. The minimum absolute atomic E-state index is 0.0623. The van der Waals surface area contributed by atoms with Crippen LogP contribution in [0.5, 0.6) is 5.75 Å². The van der Waals surface area contributed by atoms with Gasteiger partial charge in [-0.05, 0) is 47.2 Å². The van der Waals surface area contributed by atoms with Crippen molar-refractivity contribution < 1.29 is 9.53 Å². The van der Waals surface area contributed by atoms with Gasteiger partial charge in [-0.3, -0.25) is 9.69 Å². The number of hydrogen-bond acceptors (Lipinski definition) is 3. The van der Waals surface area contributed by atoms with Crippen molar-refractivity contribution >= 4 is 57.3 Å². The summed E-state index contributed by atoms with van der Waals surface area (Å²) in [6, 6.07) is 27.3. The second-order valence-electron chi connectivity index (χ2n) is 7.48. The Morgan fingerprint density at radius 2 is 1.66 bits per heavy atom. The van der Waals surface area contributed by atoms with E-state index in [1.807, 2.05) is 71.6 Å². The maximum absolute atomic E-state index is 12.9. The molecule has 3 nitrogen and oxygen atoms in total. The van der Waals surface area contributed by atoms with E-state index in [0.29, 0.717) is 22.4 Å². The molecule has 1 heterocycles. The van der Waals surface area contributed by atoms with Crippen molar-refractivity contribution in [3.8, 4) is 5.75 Å². The summed E-state index contributed by atoms with van der Waals surface area (Å²) >= 11 is 14.0. The molecule has 1 saturated heterocycles. The summed E-state index contributed by atoms with van der Waals surface area (Å²) in [5.74, 6) is 1.21. The molecule has 4 aromatic carbocycles. The van der Waals surface area contributed by atoms with Crippen molar-refractivity contribution in [2.75, 3.05) is 10.7 Å². The molecule has 160 valence electrons. The number of amides is 1. The number of fused-ring (bicyclic) bond motifs is 1. The molecule has 1 fully saturated rings. The van der Waals surface area contributed by atoms with E-state index in [1.165, 1.54) is 0 Å². The molecule has 0 aromatic heterocycles. The number of thioether (sulfide) groups is 1. The Labute approximate surface area is 200 Å². The zero-order valence-corrected chi connectivity index (χ0v) is 19.3. The smallest absolute Gasteiger partial charge is 0.238 e. The van der Waals surface area contributed by atoms with Crippen LogP contribution in [0.25, 0.3) is 10.8 Å². The first-order valence-electron chi connectivity index (χ1n) is 10.2. The molecule has 1 aliphatic heterocycles. The summed E-state index contributed by atoms with van der Waals surface area (Å²) in [5.41, 5.74) is 2.72. The molecule has 0 saturated carbocycles. The summed E-state index contributed by atoms with van der Waals surface area (Å²) in [6.07, 6.45) is 0. The van der Waals surface area contributed by atoms with Gasteiger partial charge in [-0.25, -0.2) is 0 Å². The predicted molar refractivity (Wildman–Crippen MR) is 134 cm³/mol. The molecule has 1 atom stereocenters. The van der Waals surface area contributed by atoms with Gasteiger partial charge in [0.2, 0.25) is 5.91 Å². The van der Waals surface area contributed by atoms with Crippen molar-refractivity contribution in [3.63, 3.8) is 0 Å². The molecule has 0 spiro atoms. The first-order valence-corrected chi connectivity index (χ1v) is 12.0. The Morgan fingerprint density at radius 3 is 2.47 bits per heavy atom. The fourth-order valence-electron chi connectivity index (χ4n) is 3.95. The van der Waals surface area contributed by atoms with Gasteiger partial charge in [0.05, 0.1) is 5.75 Å². The second kappa shape index (κ2) is 9.07. The Bertz CT molecular complexity index is 1290. The first-order chi connectivity index (χ1) is 15.6. The maximum Gasteiger partial charge on any atom is 0.238 e. The summed E-state index contributed by atoms with van der Waals surface area (Å²) < 4.78 is 6.31. The third-order valence-electron chi connectivity index (χ3n) is 5.49. The first kappa shape index (κ1) is 21.2. The molecule has 4 aromatic rings. The molecule has 0 unspecified atom stereocenters. The normalized spacial score (nSPS) is 16.0. The van der Waals surface area contributed by atoms with Gasteiger partial charge in [0.1, 0.15) is 17.7 Å². The summed E-state index contributed by atoms with van der Waals surface area (Å²) in [6.45, 7) is 0.345. The minimum Gasteiger partial charge on any atom is -0.488 e. The monoisotopic (exact) mass is 479 g/mol. The molecule has 1 amide bonds. The SMILES string of the molecule is O=C1CS[C@@H](c2c(OCc3ccccc3Cl)ccc3ccccc23)N1c1ccc(Cl)cc1. The molecule has 1 aliphatic rings. The molecular weight excluding hydrogens is 461 g/mol. The van der Waals surface area contributed by atoms with E-state index in [9.17, 15) is 4.79 Å². The number of carbonyl (C=O) groups excluding carboxylic acids is 1. The Kier molecular flexibility index (Phi) is 6.01. The predicted octanol–water partition coefficient (Wildman–Crippen LogP) is 7.50. The topological polar surface area (TPSA) is 29.5 Å². The van der Waals surface area contributed by atoms with E-state index >= 15 is 0 Å². The lowest BCUT2D eigenvalue weighted by Gasteiger charge is -2.27. The lowest BCUT2D eigenvalue weighted by atomic mass is 10.0. The highest BCUT2D eigenvalue weighted by Gasteiger charge is 2.36. The van der Waals surface area contributed by atoms with Gasteiger partial charge in [-0.1, -0.05) is 71.7 Å². The number of benzene rings is 4. The van der Waals surface area contributed by atoms with Crippen molar-refractivity contribution in [2.24, 2.45) is 0 Å². The fourth-order valence-corrected chi connectivity index (χ4v) is 5.50. The summed E-state index contributed by atoms with van der Waals surface area (Å²) in [4.78, 5) is 14.8. The highest BCUT2D eigenvalue weighted by Crippen LogP contribution is 2.47. The lowest BCUT2D eigenvalue weighted by Crippen LogP contribution is -2.28. The molecule has 0 radical (unpaired) electrons. The zero-order chi connectivity index (χ0) is 22.1. The van der Waals surface area contributed by atoms with Crippen LogP contribution in [0.1, 0.15) is 16.5 Å². The molecule has 6 heteroatoms. The van der Waals surface area contributed by atoms with E-state index < -0.39 is 0 Å². The van der Waals surface area contributed by atoms with Crippen LogP contribution in [-0.2, 0) is 11.4 Å². The molecule has 32 heavy (non-hydrogen) atoms. The Morgan fingerprint density at radius 1 is 0.906 bits per heavy atom. The van der Waals surface area contributed by atoms with Gasteiger partial charge in [-0.15, -0.1) is 11.8 Å². The third kappa shape index (κ3) is 4.06. The fraction of sp³-hybridized carbons (Fsp3) is 0.115. The van der Waals surface area contributed by atoms with Crippen LogP contribution < -0.4 is 9.64 Å². The summed E-state index contributed by atoms with van der Waals surface area (Å²) in [7, 11) is 0. The average Bonchev–Trinajstić information content (AvgIpc) is 3.19. The second-order valence-corrected chi connectivity index (χ2v) is 9.39. The number of nitrogens with zero attached hydrogens (tertiary/aromatic N) is 1. The van der Waals surface area contributed by atoms with Crippen molar-refractivity contribution in [1.82, 2.24) is 0 Å². The number of rotatable bonds is 5. The van der Waals surface area contributed by atoms with Gasteiger partial charge in [0.25, 0.3) is 0 Å². The standard InChI is InChI=1S/C26H19Cl2NO2S/c27-19-10-12-20(13-11-19)29-24(30)16-32-26(29)25-21-7-3-1-5-17(21)9-14-23(25)31-15-18-6-2-4-8-22(18)28/h1-14,26H,15-16H2/t26-/m0/s1. The van der Waals surface area contributed by atoms with E-state index in [1.54, 1.807) is 11.8 Å². The van der Waals surface area contributed by atoms with Crippen LogP contribution in [0.3, 0.4) is 0 Å². The molecular formula is C26H19Cl2NO2S. The van der Waals surface area contributed by atoms with Crippen LogP contribution in [0.4, 0.5) is 5.69 Å². The van der Waals surface area contributed by atoms with Gasteiger partial charge in [0, 0.05) is 26.9 Å². The third-order valence-corrected chi connectivity index (χ3v) is 7.29. The van der Waals surface area contributed by atoms with Crippen LogP contribution in [0.2, 0.25) is 10.0 Å². The van der Waals surface area contributed by atoms with Gasteiger partial charge < -0.3 is 4.74 Å². The largest absolute Gasteiger partial charge is 0.488 e. The van der Waals surface area contributed by atoms with Gasteiger partial charge >= 0.3 is 0 Å². The number of anilines is 1. The molecule has 5 rings (SSSR count). The molecule has 0 aliphatic carbocycles. The highest BCUT2D eigenvalue weighted by molar-refractivity contribution is 8.00. The van der Waals surface area contributed by atoms with Crippen molar-refractivity contribution in [1.29, 1.82) is 0 Å². The number of halogens is 2. The lowest BCUT2D eigenvalue weighted by molar-refractivity contribution is -0.115. The maximum atomic E-state index is 12.9.